The molecule has 0 radical (unpaired) electrons. The van der Waals surface area contributed by atoms with E-state index in [4.69, 9.17) is 4.74 Å². The molecule has 0 aliphatic carbocycles. The first-order chi connectivity index (χ1) is 14.1. The maximum absolute atomic E-state index is 12.8. The summed E-state index contributed by atoms with van der Waals surface area (Å²) >= 11 is 0. The number of allylic oxidation sites excluding steroid dienone is 1. The van der Waals surface area contributed by atoms with Crippen LogP contribution in [0.5, 0.6) is 5.75 Å². The van der Waals surface area contributed by atoms with E-state index in [9.17, 15) is 4.79 Å². The van der Waals surface area contributed by atoms with Crippen molar-refractivity contribution >= 4 is 23.1 Å². The van der Waals surface area contributed by atoms with E-state index in [0.717, 1.165) is 28.4 Å². The number of ether oxygens (including phenoxy) is 1. The van der Waals surface area contributed by atoms with Crippen molar-refractivity contribution in [3.05, 3.63) is 66.0 Å². The van der Waals surface area contributed by atoms with Crippen molar-refractivity contribution in [1.82, 2.24) is 15.2 Å². The molecule has 1 aliphatic rings. The van der Waals surface area contributed by atoms with E-state index in [2.05, 4.69) is 21.3 Å². The lowest BCUT2D eigenvalue weighted by Crippen LogP contribution is -2.36. The van der Waals surface area contributed by atoms with E-state index >= 15 is 0 Å². The number of hydrogen-bond acceptors (Lipinski definition) is 5. The van der Waals surface area contributed by atoms with Crippen LogP contribution < -0.4 is 20.9 Å². The molecule has 0 spiro atoms. The molecule has 0 atom stereocenters. The van der Waals surface area contributed by atoms with Crippen LogP contribution in [0.1, 0.15) is 19.5 Å². The Morgan fingerprint density at radius 2 is 1.79 bits per heavy atom. The number of carbonyl (C=O) groups is 1. The molecule has 0 saturated carbocycles. The molecule has 148 valence electrons. The quantitative estimate of drug-likeness (QED) is 0.614. The zero-order valence-corrected chi connectivity index (χ0v) is 16.6. The number of hydrazine groups is 1. The highest BCUT2D eigenvalue weighted by Gasteiger charge is 2.26. The smallest absolute Gasteiger partial charge is 0.275 e. The van der Waals surface area contributed by atoms with E-state index in [1.54, 1.807) is 4.68 Å². The van der Waals surface area contributed by atoms with Gasteiger partial charge in [0, 0.05) is 11.3 Å². The van der Waals surface area contributed by atoms with Gasteiger partial charge in [0.2, 0.25) is 0 Å². The van der Waals surface area contributed by atoms with Gasteiger partial charge in [-0.3, -0.25) is 15.6 Å². The number of anilines is 2. The highest BCUT2D eigenvalue weighted by atomic mass is 16.5. The minimum absolute atomic E-state index is 0.251. The van der Waals surface area contributed by atoms with Gasteiger partial charge in [-0.2, -0.15) is 5.10 Å². The average molecular weight is 389 g/mol. The van der Waals surface area contributed by atoms with E-state index < -0.39 is 0 Å². The Morgan fingerprint density at radius 3 is 2.48 bits per heavy atom. The van der Waals surface area contributed by atoms with Crippen LogP contribution in [0.4, 0.5) is 11.5 Å². The molecular weight excluding hydrogens is 366 g/mol. The van der Waals surface area contributed by atoms with Crippen molar-refractivity contribution < 1.29 is 9.53 Å². The lowest BCUT2D eigenvalue weighted by Gasteiger charge is -2.23. The zero-order valence-electron chi connectivity index (χ0n) is 16.6. The van der Waals surface area contributed by atoms with E-state index in [-0.39, 0.29) is 5.91 Å². The maximum Gasteiger partial charge on any atom is 0.275 e. The summed E-state index contributed by atoms with van der Waals surface area (Å²) in [6.07, 6.45) is 0. The van der Waals surface area contributed by atoms with Gasteiger partial charge in [-0.15, -0.1) is 0 Å². The monoisotopic (exact) mass is 389 g/mol. The predicted octanol–water partition coefficient (Wildman–Crippen LogP) is 4.01. The highest BCUT2D eigenvalue weighted by Crippen LogP contribution is 2.34. The Bertz CT molecular complexity index is 1070. The molecule has 29 heavy (non-hydrogen) atoms. The van der Waals surface area contributed by atoms with Crippen LogP contribution in [0, 0.1) is 6.92 Å². The van der Waals surface area contributed by atoms with Gasteiger partial charge >= 0.3 is 0 Å². The molecule has 7 heteroatoms. The molecule has 1 amide bonds. The molecule has 3 aromatic rings. The number of fused-ring (bicyclic) bond motifs is 1. The third-order valence-corrected chi connectivity index (χ3v) is 4.76. The van der Waals surface area contributed by atoms with E-state index in [0.29, 0.717) is 23.7 Å². The summed E-state index contributed by atoms with van der Waals surface area (Å²) in [5.74, 6) is 1.33. The minimum atomic E-state index is -0.251. The topological polar surface area (TPSA) is 80.2 Å². The van der Waals surface area contributed by atoms with Crippen molar-refractivity contribution in [2.24, 2.45) is 0 Å². The number of nitrogens with one attached hydrogen (secondary N) is 3. The Labute approximate surface area is 169 Å². The first-order valence-corrected chi connectivity index (χ1v) is 9.51. The number of amides is 1. The highest BCUT2D eigenvalue weighted by molar-refractivity contribution is 6.07. The van der Waals surface area contributed by atoms with Crippen LogP contribution in [0.2, 0.25) is 0 Å². The second kappa shape index (κ2) is 7.71. The lowest BCUT2D eigenvalue weighted by molar-refractivity contribution is -0.113. The van der Waals surface area contributed by atoms with Gasteiger partial charge in [0.15, 0.2) is 5.82 Å². The Kier molecular flexibility index (Phi) is 4.95. The largest absolute Gasteiger partial charge is 0.494 e. The first kappa shape index (κ1) is 18.6. The summed E-state index contributed by atoms with van der Waals surface area (Å²) < 4.78 is 7.20. The fraction of sp³-hybridized carbons (Fsp3) is 0.182. The van der Waals surface area contributed by atoms with Gasteiger partial charge in [0.25, 0.3) is 5.91 Å². The number of hydrogen-bond donors (Lipinski definition) is 3. The third-order valence-electron chi connectivity index (χ3n) is 4.76. The summed E-state index contributed by atoms with van der Waals surface area (Å²) in [5.41, 5.74) is 10.9. The fourth-order valence-corrected chi connectivity index (χ4v) is 3.37. The lowest BCUT2D eigenvalue weighted by atomic mass is 10.1. The van der Waals surface area contributed by atoms with Crippen LogP contribution >= 0.6 is 0 Å². The third kappa shape index (κ3) is 3.54. The number of nitrogens with zero attached hydrogens (tertiary/aromatic N) is 2. The van der Waals surface area contributed by atoms with Crippen molar-refractivity contribution in [1.29, 1.82) is 0 Å². The van der Waals surface area contributed by atoms with Crippen molar-refractivity contribution in [2.75, 3.05) is 17.3 Å². The molecule has 4 rings (SSSR count). The molecule has 3 N–H and O–H groups in total. The van der Waals surface area contributed by atoms with Crippen molar-refractivity contribution in [3.8, 4) is 16.9 Å². The van der Waals surface area contributed by atoms with Gasteiger partial charge in [-0.1, -0.05) is 30.3 Å². The van der Waals surface area contributed by atoms with Gasteiger partial charge in [0.1, 0.15) is 11.4 Å². The molecule has 0 bridgehead atoms. The SMILES string of the molecule is CCOc1ccc(NC(=O)C2=C(C)n3nc(C)c(-c4ccccc4)c3NN2)cc1. The van der Waals surface area contributed by atoms with Gasteiger partial charge in [-0.25, -0.2) is 4.68 Å². The standard InChI is InChI=1S/C22H23N5O2/c1-4-29-18-12-10-17(11-13-18)23-22(28)20-15(3)27-21(25-24-20)19(14(2)26-27)16-8-6-5-7-9-16/h5-13,24-25H,4H2,1-3H3,(H,23,28). The first-order valence-electron chi connectivity index (χ1n) is 9.51. The van der Waals surface area contributed by atoms with Gasteiger partial charge < -0.3 is 10.1 Å². The summed E-state index contributed by atoms with van der Waals surface area (Å²) in [5, 5.41) is 7.54. The normalized spacial score (nSPS) is 12.7. The Balaban J connectivity index is 1.61. The number of aryl methyl sites for hydroxylation is 1. The molecule has 0 unspecified atom stereocenters. The summed E-state index contributed by atoms with van der Waals surface area (Å²) in [6.45, 7) is 6.36. The molecule has 1 aliphatic heterocycles. The zero-order chi connectivity index (χ0) is 20.4. The van der Waals surface area contributed by atoms with Gasteiger partial charge in [-0.05, 0) is 50.6 Å². The Morgan fingerprint density at radius 1 is 1.07 bits per heavy atom. The van der Waals surface area contributed by atoms with Crippen LogP contribution in [0.3, 0.4) is 0 Å². The molecular formula is C22H23N5O2. The summed E-state index contributed by atoms with van der Waals surface area (Å²) in [7, 11) is 0. The van der Waals surface area contributed by atoms with Crippen LogP contribution in [0.25, 0.3) is 16.8 Å². The number of benzene rings is 2. The van der Waals surface area contributed by atoms with E-state index in [1.807, 2.05) is 75.4 Å². The minimum Gasteiger partial charge on any atom is -0.494 e. The average Bonchev–Trinajstić information content (AvgIpc) is 3.07. The number of aromatic nitrogens is 2. The van der Waals surface area contributed by atoms with Crippen molar-refractivity contribution in [3.63, 3.8) is 0 Å². The molecule has 0 saturated heterocycles. The van der Waals surface area contributed by atoms with Crippen LogP contribution in [-0.4, -0.2) is 22.3 Å². The van der Waals surface area contributed by atoms with Crippen LogP contribution in [-0.2, 0) is 4.79 Å². The van der Waals surface area contributed by atoms with Crippen LogP contribution in [0.15, 0.2) is 60.3 Å². The maximum atomic E-state index is 12.8. The summed E-state index contributed by atoms with van der Waals surface area (Å²) in [4.78, 5) is 12.8. The molecule has 2 heterocycles. The predicted molar refractivity (Wildman–Crippen MR) is 114 cm³/mol. The number of carbonyl (C=O) groups excluding carboxylic acids is 1. The molecule has 7 nitrogen and oxygen atoms in total. The van der Waals surface area contributed by atoms with Crippen molar-refractivity contribution in [2.45, 2.75) is 20.8 Å². The van der Waals surface area contributed by atoms with Gasteiger partial charge in [0.05, 0.1) is 18.0 Å². The summed E-state index contributed by atoms with van der Waals surface area (Å²) in [6, 6.07) is 17.3. The second-order valence-electron chi connectivity index (χ2n) is 6.71. The molecule has 0 fully saturated rings. The Hall–Kier alpha value is -3.74. The molecule has 2 aromatic carbocycles. The van der Waals surface area contributed by atoms with E-state index in [1.165, 1.54) is 0 Å². The molecule has 1 aromatic heterocycles. The fourth-order valence-electron chi connectivity index (χ4n) is 3.37. The number of rotatable bonds is 5. The second-order valence-corrected chi connectivity index (χ2v) is 6.71.